The van der Waals surface area contributed by atoms with E-state index < -0.39 is 0 Å². The van der Waals surface area contributed by atoms with Crippen molar-refractivity contribution in [2.24, 2.45) is 5.92 Å². The first-order valence-corrected chi connectivity index (χ1v) is 9.34. The minimum Gasteiger partial charge on any atom is -0.497 e. The van der Waals surface area contributed by atoms with Gasteiger partial charge in [0.05, 0.1) is 13.7 Å². The molecule has 3 heteroatoms. The van der Waals surface area contributed by atoms with E-state index >= 15 is 0 Å². The van der Waals surface area contributed by atoms with Gasteiger partial charge in [0.15, 0.2) is 0 Å². The van der Waals surface area contributed by atoms with Crippen LogP contribution < -0.4 is 4.74 Å². The molecule has 0 saturated carbocycles. The molecular formula is C23H30O3. The standard InChI is InChI=1S/C23H30O3/c1-18(11-12-26-17-20-7-5-4-6-8-20)9-10-22(24)15-21-13-19(2)14-23(16-21)25-3/h4-8,13-14,16,18H,9-12,15,17H2,1-3H3/t18-/m1/s1. The minimum atomic E-state index is 0.287. The van der Waals surface area contributed by atoms with Gasteiger partial charge in [-0.1, -0.05) is 43.3 Å². The normalized spacial score (nSPS) is 12.0. The molecule has 0 aliphatic carbocycles. The number of ketones is 1. The third-order valence-electron chi connectivity index (χ3n) is 4.53. The zero-order chi connectivity index (χ0) is 18.8. The maximum atomic E-state index is 12.3. The topological polar surface area (TPSA) is 35.5 Å². The Balaban J connectivity index is 1.64. The molecule has 2 aromatic carbocycles. The van der Waals surface area contributed by atoms with Gasteiger partial charge in [-0.05, 0) is 54.5 Å². The number of rotatable bonds is 11. The molecule has 2 aromatic rings. The molecule has 0 aromatic heterocycles. The van der Waals surface area contributed by atoms with Gasteiger partial charge in [0, 0.05) is 19.4 Å². The number of aryl methyl sites for hydroxylation is 1. The first kappa shape index (κ1) is 20.2. The number of ether oxygens (including phenoxy) is 2. The number of carbonyl (C=O) groups excluding carboxylic acids is 1. The first-order valence-electron chi connectivity index (χ1n) is 9.34. The maximum Gasteiger partial charge on any atom is 0.137 e. The zero-order valence-corrected chi connectivity index (χ0v) is 16.2. The number of Topliss-reactive ketones (excluding diaryl/α,β-unsaturated/α-hetero) is 1. The van der Waals surface area contributed by atoms with Crippen LogP contribution in [0.2, 0.25) is 0 Å². The lowest BCUT2D eigenvalue weighted by molar-refractivity contribution is -0.118. The number of benzene rings is 2. The fourth-order valence-electron chi connectivity index (χ4n) is 2.96. The zero-order valence-electron chi connectivity index (χ0n) is 16.2. The molecule has 0 fully saturated rings. The number of hydrogen-bond donors (Lipinski definition) is 0. The van der Waals surface area contributed by atoms with Crippen LogP contribution in [-0.2, 0) is 22.6 Å². The summed E-state index contributed by atoms with van der Waals surface area (Å²) in [6.07, 6.45) is 3.00. The highest BCUT2D eigenvalue weighted by Gasteiger charge is 2.09. The molecule has 0 bridgehead atoms. The molecule has 0 N–H and O–H groups in total. The Morgan fingerprint density at radius 1 is 1.04 bits per heavy atom. The fraction of sp³-hybridized carbons (Fsp3) is 0.435. The van der Waals surface area contributed by atoms with Crippen LogP contribution >= 0.6 is 0 Å². The monoisotopic (exact) mass is 354 g/mol. The molecule has 0 aliphatic heterocycles. The highest BCUT2D eigenvalue weighted by atomic mass is 16.5. The molecular weight excluding hydrogens is 324 g/mol. The second-order valence-corrected chi connectivity index (χ2v) is 7.04. The largest absolute Gasteiger partial charge is 0.497 e. The first-order chi connectivity index (χ1) is 12.6. The van der Waals surface area contributed by atoms with Crippen molar-refractivity contribution in [3.8, 4) is 5.75 Å². The molecule has 0 heterocycles. The lowest BCUT2D eigenvalue weighted by Gasteiger charge is -2.12. The van der Waals surface area contributed by atoms with Gasteiger partial charge in [-0.2, -0.15) is 0 Å². The quantitative estimate of drug-likeness (QED) is 0.524. The molecule has 26 heavy (non-hydrogen) atoms. The van der Waals surface area contributed by atoms with Crippen molar-refractivity contribution < 1.29 is 14.3 Å². The molecule has 0 amide bonds. The second-order valence-electron chi connectivity index (χ2n) is 7.04. The summed E-state index contributed by atoms with van der Waals surface area (Å²) in [5, 5.41) is 0. The van der Waals surface area contributed by atoms with Crippen LogP contribution in [0.25, 0.3) is 0 Å². The van der Waals surface area contributed by atoms with E-state index in [1.165, 1.54) is 5.56 Å². The van der Waals surface area contributed by atoms with E-state index in [4.69, 9.17) is 9.47 Å². The van der Waals surface area contributed by atoms with Crippen LogP contribution in [0, 0.1) is 12.8 Å². The third kappa shape index (κ3) is 7.40. The lowest BCUT2D eigenvalue weighted by atomic mass is 9.97. The summed E-state index contributed by atoms with van der Waals surface area (Å²) in [5.74, 6) is 1.59. The molecule has 3 nitrogen and oxygen atoms in total. The van der Waals surface area contributed by atoms with Gasteiger partial charge in [0.2, 0.25) is 0 Å². The van der Waals surface area contributed by atoms with Gasteiger partial charge in [-0.25, -0.2) is 0 Å². The Morgan fingerprint density at radius 3 is 2.54 bits per heavy atom. The summed E-state index contributed by atoms with van der Waals surface area (Å²) in [4.78, 5) is 12.3. The predicted molar refractivity (Wildman–Crippen MR) is 106 cm³/mol. The molecule has 0 unspecified atom stereocenters. The molecule has 0 radical (unpaired) electrons. The highest BCUT2D eigenvalue weighted by Crippen LogP contribution is 2.18. The van der Waals surface area contributed by atoms with Crippen molar-refractivity contribution >= 4 is 5.78 Å². The predicted octanol–water partition coefficient (Wildman–Crippen LogP) is 5.14. The highest BCUT2D eigenvalue weighted by molar-refractivity contribution is 5.81. The third-order valence-corrected chi connectivity index (χ3v) is 4.53. The summed E-state index contributed by atoms with van der Waals surface area (Å²) in [5.41, 5.74) is 3.35. The summed E-state index contributed by atoms with van der Waals surface area (Å²) in [6.45, 7) is 5.60. The van der Waals surface area contributed by atoms with Gasteiger partial charge in [0.25, 0.3) is 0 Å². The van der Waals surface area contributed by atoms with Crippen molar-refractivity contribution in [3.63, 3.8) is 0 Å². The fourth-order valence-corrected chi connectivity index (χ4v) is 2.96. The molecule has 0 saturated heterocycles. The van der Waals surface area contributed by atoms with Crippen molar-refractivity contribution in [1.82, 2.24) is 0 Å². The Morgan fingerprint density at radius 2 is 1.81 bits per heavy atom. The minimum absolute atomic E-state index is 0.287. The van der Waals surface area contributed by atoms with E-state index in [0.717, 1.165) is 36.3 Å². The molecule has 0 spiro atoms. The van der Waals surface area contributed by atoms with Crippen LogP contribution in [0.15, 0.2) is 48.5 Å². The summed E-state index contributed by atoms with van der Waals surface area (Å²) in [6, 6.07) is 16.2. The van der Waals surface area contributed by atoms with E-state index in [2.05, 4.69) is 25.1 Å². The van der Waals surface area contributed by atoms with Gasteiger partial charge in [-0.3, -0.25) is 4.79 Å². The van der Waals surface area contributed by atoms with Crippen LogP contribution in [0.1, 0.15) is 42.9 Å². The van der Waals surface area contributed by atoms with Crippen LogP contribution in [0.4, 0.5) is 0 Å². The van der Waals surface area contributed by atoms with Gasteiger partial charge in [0.1, 0.15) is 11.5 Å². The smallest absolute Gasteiger partial charge is 0.137 e. The van der Waals surface area contributed by atoms with Gasteiger partial charge >= 0.3 is 0 Å². The van der Waals surface area contributed by atoms with Crippen molar-refractivity contribution in [3.05, 3.63) is 65.2 Å². The number of hydrogen-bond acceptors (Lipinski definition) is 3. The van der Waals surface area contributed by atoms with Crippen LogP contribution in [0.5, 0.6) is 5.75 Å². The van der Waals surface area contributed by atoms with Gasteiger partial charge in [-0.15, -0.1) is 0 Å². The Hall–Kier alpha value is -2.13. The van der Waals surface area contributed by atoms with E-state index in [9.17, 15) is 4.79 Å². The van der Waals surface area contributed by atoms with E-state index in [1.54, 1.807) is 7.11 Å². The van der Waals surface area contributed by atoms with Crippen LogP contribution in [0.3, 0.4) is 0 Å². The Bertz CT molecular complexity index is 679. The number of carbonyl (C=O) groups is 1. The van der Waals surface area contributed by atoms with E-state index in [1.807, 2.05) is 37.3 Å². The van der Waals surface area contributed by atoms with Gasteiger partial charge < -0.3 is 9.47 Å². The van der Waals surface area contributed by atoms with Crippen molar-refractivity contribution in [2.45, 2.75) is 46.1 Å². The molecule has 0 aliphatic rings. The summed E-state index contributed by atoms with van der Waals surface area (Å²) >= 11 is 0. The Kier molecular flexibility index (Phi) is 8.36. The van der Waals surface area contributed by atoms with E-state index in [-0.39, 0.29) is 5.78 Å². The second kappa shape index (κ2) is 10.8. The van der Waals surface area contributed by atoms with Crippen molar-refractivity contribution in [2.75, 3.05) is 13.7 Å². The van der Waals surface area contributed by atoms with E-state index in [0.29, 0.717) is 25.4 Å². The Labute approximate surface area is 157 Å². The summed E-state index contributed by atoms with van der Waals surface area (Å²) in [7, 11) is 1.65. The van der Waals surface area contributed by atoms with Crippen molar-refractivity contribution in [1.29, 1.82) is 0 Å². The SMILES string of the molecule is COc1cc(C)cc(CC(=O)CC[C@@H](C)CCOCc2ccccc2)c1. The maximum absolute atomic E-state index is 12.3. The van der Waals surface area contributed by atoms with Crippen LogP contribution in [-0.4, -0.2) is 19.5 Å². The number of methoxy groups -OCH3 is 1. The average Bonchev–Trinajstić information content (AvgIpc) is 2.64. The lowest BCUT2D eigenvalue weighted by Crippen LogP contribution is -2.08. The summed E-state index contributed by atoms with van der Waals surface area (Å²) < 4.78 is 11.0. The molecule has 2 rings (SSSR count). The average molecular weight is 354 g/mol. The molecule has 140 valence electrons. The molecule has 1 atom stereocenters.